The molecule has 0 atom stereocenters. The van der Waals surface area contributed by atoms with Gasteiger partial charge in [0.25, 0.3) is 0 Å². The van der Waals surface area contributed by atoms with Gasteiger partial charge >= 0.3 is 5.97 Å². The highest BCUT2D eigenvalue weighted by atomic mass is 16.4. The molecule has 0 fully saturated rings. The molecular weight excluding hydrogens is 266 g/mol. The predicted octanol–water partition coefficient (Wildman–Crippen LogP) is 3.15. The summed E-state index contributed by atoms with van der Waals surface area (Å²) in [6.07, 6.45) is 0. The first-order chi connectivity index (χ1) is 10.1. The third kappa shape index (κ3) is 2.67. The molecule has 0 spiro atoms. The molecule has 104 valence electrons. The topological polar surface area (TPSA) is 78.9 Å². The number of aryl methyl sites for hydroxylation is 1. The quantitative estimate of drug-likeness (QED) is 0.772. The van der Waals surface area contributed by atoms with Gasteiger partial charge in [-0.15, -0.1) is 0 Å². The van der Waals surface area contributed by atoms with E-state index in [4.69, 9.17) is 5.11 Å². The molecule has 0 unspecified atom stereocenters. The number of benzene rings is 2. The van der Waals surface area contributed by atoms with Gasteiger partial charge in [0.2, 0.25) is 0 Å². The molecule has 0 amide bonds. The van der Waals surface area contributed by atoms with Gasteiger partial charge < -0.3 is 5.11 Å². The summed E-state index contributed by atoms with van der Waals surface area (Å²) in [5.41, 5.74) is 3.00. The lowest BCUT2D eigenvalue weighted by Gasteiger charge is -1.98. The van der Waals surface area contributed by atoms with Crippen LogP contribution in [0.5, 0.6) is 0 Å². The van der Waals surface area contributed by atoms with Gasteiger partial charge in [-0.25, -0.2) is 9.78 Å². The maximum Gasteiger partial charge on any atom is 0.335 e. The molecule has 3 aromatic rings. The van der Waals surface area contributed by atoms with Gasteiger partial charge in [-0.2, -0.15) is 5.10 Å². The van der Waals surface area contributed by atoms with Crippen molar-refractivity contribution < 1.29 is 9.90 Å². The first-order valence-corrected chi connectivity index (χ1v) is 6.46. The number of aromatic nitrogens is 3. The highest BCUT2D eigenvalue weighted by Crippen LogP contribution is 2.21. The molecule has 2 aromatic carbocycles. The normalized spacial score (nSPS) is 10.5. The third-order valence-electron chi connectivity index (χ3n) is 3.18. The average molecular weight is 279 g/mol. The zero-order chi connectivity index (χ0) is 14.8. The summed E-state index contributed by atoms with van der Waals surface area (Å²) in [6, 6.07) is 14.5. The van der Waals surface area contributed by atoms with Crippen molar-refractivity contribution >= 4 is 5.97 Å². The van der Waals surface area contributed by atoms with Crippen LogP contribution in [0.2, 0.25) is 0 Å². The van der Waals surface area contributed by atoms with Gasteiger partial charge in [0.1, 0.15) is 0 Å². The Morgan fingerprint density at radius 1 is 1.10 bits per heavy atom. The second-order valence-corrected chi connectivity index (χ2v) is 4.76. The van der Waals surface area contributed by atoms with Gasteiger partial charge in [-0.1, -0.05) is 42.0 Å². The lowest BCUT2D eigenvalue weighted by atomic mass is 10.1. The minimum atomic E-state index is -0.963. The smallest absolute Gasteiger partial charge is 0.335 e. The molecule has 2 N–H and O–H groups in total. The number of hydrogen-bond acceptors (Lipinski definition) is 3. The molecule has 0 bridgehead atoms. The Hall–Kier alpha value is -2.95. The molecule has 0 aliphatic rings. The van der Waals surface area contributed by atoms with Crippen LogP contribution in [-0.2, 0) is 0 Å². The predicted molar refractivity (Wildman–Crippen MR) is 79.0 cm³/mol. The fourth-order valence-electron chi connectivity index (χ4n) is 2.02. The van der Waals surface area contributed by atoms with Crippen molar-refractivity contribution in [1.29, 1.82) is 0 Å². The lowest BCUT2D eigenvalue weighted by Crippen LogP contribution is -1.96. The number of nitrogens with one attached hydrogen (secondary N) is 1. The second-order valence-electron chi connectivity index (χ2n) is 4.76. The summed E-state index contributed by atoms with van der Waals surface area (Å²) < 4.78 is 0. The van der Waals surface area contributed by atoms with Crippen LogP contribution in [0.15, 0.2) is 48.5 Å². The Kier molecular flexibility index (Phi) is 3.23. The minimum absolute atomic E-state index is 0.223. The van der Waals surface area contributed by atoms with E-state index in [1.807, 2.05) is 31.2 Å². The molecule has 5 heteroatoms. The third-order valence-corrected chi connectivity index (χ3v) is 3.18. The largest absolute Gasteiger partial charge is 0.478 e. The first kappa shape index (κ1) is 13.1. The van der Waals surface area contributed by atoms with E-state index in [0.717, 1.165) is 5.56 Å². The zero-order valence-electron chi connectivity index (χ0n) is 11.4. The van der Waals surface area contributed by atoms with E-state index >= 15 is 0 Å². The van der Waals surface area contributed by atoms with Crippen molar-refractivity contribution in [2.45, 2.75) is 6.92 Å². The second kappa shape index (κ2) is 5.20. The molecule has 21 heavy (non-hydrogen) atoms. The van der Waals surface area contributed by atoms with Crippen LogP contribution in [0, 0.1) is 6.92 Å². The van der Waals surface area contributed by atoms with Crippen molar-refractivity contribution in [3.8, 4) is 22.8 Å². The Morgan fingerprint density at radius 2 is 1.86 bits per heavy atom. The minimum Gasteiger partial charge on any atom is -0.478 e. The summed E-state index contributed by atoms with van der Waals surface area (Å²) in [4.78, 5) is 15.4. The highest BCUT2D eigenvalue weighted by molar-refractivity contribution is 5.89. The number of H-pyrrole nitrogens is 1. The summed E-state index contributed by atoms with van der Waals surface area (Å²) in [6.45, 7) is 2.02. The standard InChI is InChI=1S/C16H13N3O2/c1-10-5-7-11(8-6-10)14-17-15(19-18-14)12-3-2-4-13(9-12)16(20)21/h2-9H,1H3,(H,20,21)(H,17,18,19). The molecule has 0 radical (unpaired) electrons. The SMILES string of the molecule is Cc1ccc(-c2n[nH]c(-c3cccc(C(=O)O)c3)n2)cc1. The zero-order valence-corrected chi connectivity index (χ0v) is 11.4. The van der Waals surface area contributed by atoms with Crippen molar-refractivity contribution in [1.82, 2.24) is 15.2 Å². The molecule has 3 rings (SSSR count). The van der Waals surface area contributed by atoms with Crippen LogP contribution in [0.1, 0.15) is 15.9 Å². The molecule has 0 saturated heterocycles. The van der Waals surface area contributed by atoms with E-state index in [-0.39, 0.29) is 5.56 Å². The molecule has 5 nitrogen and oxygen atoms in total. The van der Waals surface area contributed by atoms with E-state index in [2.05, 4.69) is 15.2 Å². The number of aromatic amines is 1. The van der Waals surface area contributed by atoms with Gasteiger partial charge in [0.05, 0.1) is 5.56 Å². The monoisotopic (exact) mass is 279 g/mol. The summed E-state index contributed by atoms with van der Waals surface area (Å²) in [5, 5.41) is 16.0. The van der Waals surface area contributed by atoms with Crippen LogP contribution in [0.4, 0.5) is 0 Å². The summed E-state index contributed by atoms with van der Waals surface area (Å²) in [5.74, 6) is 0.175. The van der Waals surface area contributed by atoms with Crippen molar-refractivity contribution in [3.05, 3.63) is 59.7 Å². The van der Waals surface area contributed by atoms with Crippen molar-refractivity contribution in [2.24, 2.45) is 0 Å². The van der Waals surface area contributed by atoms with Gasteiger partial charge in [-0.05, 0) is 19.1 Å². The maximum absolute atomic E-state index is 11.0. The van der Waals surface area contributed by atoms with Crippen LogP contribution >= 0.6 is 0 Å². The van der Waals surface area contributed by atoms with E-state index < -0.39 is 5.97 Å². The molecular formula is C16H13N3O2. The number of aromatic carboxylic acids is 1. The number of nitrogens with zero attached hydrogens (tertiary/aromatic N) is 2. The summed E-state index contributed by atoms with van der Waals surface area (Å²) in [7, 11) is 0. The van der Waals surface area contributed by atoms with Crippen LogP contribution in [-0.4, -0.2) is 26.3 Å². The lowest BCUT2D eigenvalue weighted by molar-refractivity contribution is 0.0697. The van der Waals surface area contributed by atoms with Gasteiger partial charge in [-0.3, -0.25) is 5.10 Å². The number of carboxylic acids is 1. The Labute approximate surface area is 121 Å². The Morgan fingerprint density at radius 3 is 2.57 bits per heavy atom. The highest BCUT2D eigenvalue weighted by Gasteiger charge is 2.10. The Balaban J connectivity index is 1.96. The van der Waals surface area contributed by atoms with Crippen molar-refractivity contribution in [2.75, 3.05) is 0 Å². The van der Waals surface area contributed by atoms with E-state index in [1.165, 1.54) is 5.56 Å². The van der Waals surface area contributed by atoms with Crippen molar-refractivity contribution in [3.63, 3.8) is 0 Å². The van der Waals surface area contributed by atoms with Gasteiger partial charge in [0.15, 0.2) is 11.6 Å². The van der Waals surface area contributed by atoms with E-state index in [9.17, 15) is 4.79 Å². The molecule has 1 aromatic heterocycles. The van der Waals surface area contributed by atoms with E-state index in [0.29, 0.717) is 17.2 Å². The van der Waals surface area contributed by atoms with E-state index in [1.54, 1.807) is 24.3 Å². The average Bonchev–Trinajstić information content (AvgIpc) is 2.98. The molecule has 1 heterocycles. The molecule has 0 saturated carbocycles. The van der Waals surface area contributed by atoms with Crippen LogP contribution in [0.25, 0.3) is 22.8 Å². The van der Waals surface area contributed by atoms with Crippen LogP contribution in [0.3, 0.4) is 0 Å². The maximum atomic E-state index is 11.0. The summed E-state index contributed by atoms with van der Waals surface area (Å²) >= 11 is 0. The molecule has 0 aliphatic heterocycles. The number of carbonyl (C=O) groups is 1. The number of hydrogen-bond donors (Lipinski definition) is 2. The fourth-order valence-corrected chi connectivity index (χ4v) is 2.02. The number of rotatable bonds is 3. The number of carboxylic acid groups (broad SMARTS) is 1. The fraction of sp³-hybridized carbons (Fsp3) is 0.0625. The van der Waals surface area contributed by atoms with Crippen LogP contribution < -0.4 is 0 Å². The van der Waals surface area contributed by atoms with Gasteiger partial charge in [0, 0.05) is 11.1 Å². The Bertz CT molecular complexity index is 791. The first-order valence-electron chi connectivity index (χ1n) is 6.46. The molecule has 0 aliphatic carbocycles.